The highest BCUT2D eigenvalue weighted by Crippen LogP contribution is 2.37. The van der Waals surface area contributed by atoms with Crippen LogP contribution in [0, 0.1) is 5.41 Å². The summed E-state index contributed by atoms with van der Waals surface area (Å²) in [4.78, 5) is 12.2. The molecule has 1 fully saturated rings. The Labute approximate surface area is 134 Å². The SMILES string of the molecule is CC1(CO)CCCC1NC(=O)Nc1ccc(-n2ccnn2)cc1. The van der Waals surface area contributed by atoms with Crippen LogP contribution in [-0.2, 0) is 0 Å². The van der Waals surface area contributed by atoms with E-state index in [0.717, 1.165) is 24.9 Å². The second kappa shape index (κ2) is 6.37. The van der Waals surface area contributed by atoms with E-state index >= 15 is 0 Å². The molecule has 0 bridgehead atoms. The Balaban J connectivity index is 1.60. The van der Waals surface area contributed by atoms with Gasteiger partial charge in [0.1, 0.15) is 0 Å². The zero-order chi connectivity index (χ0) is 16.3. The van der Waals surface area contributed by atoms with Crippen LogP contribution in [0.4, 0.5) is 10.5 Å². The predicted octanol–water partition coefficient (Wildman–Crippen LogP) is 1.94. The number of hydrogen-bond donors (Lipinski definition) is 3. The summed E-state index contributed by atoms with van der Waals surface area (Å²) in [7, 11) is 0. The van der Waals surface area contributed by atoms with Gasteiger partial charge in [-0.05, 0) is 37.1 Å². The third kappa shape index (κ3) is 3.34. The maximum atomic E-state index is 12.2. The highest BCUT2D eigenvalue weighted by molar-refractivity contribution is 5.89. The molecule has 0 saturated heterocycles. The molecule has 7 heteroatoms. The number of rotatable bonds is 4. The van der Waals surface area contributed by atoms with Gasteiger partial charge in [0.2, 0.25) is 0 Å². The Bertz CT molecular complexity index is 656. The molecule has 0 spiro atoms. The number of nitrogens with one attached hydrogen (secondary N) is 2. The van der Waals surface area contributed by atoms with E-state index in [2.05, 4.69) is 20.9 Å². The van der Waals surface area contributed by atoms with Crippen molar-refractivity contribution in [3.05, 3.63) is 36.7 Å². The molecule has 1 aliphatic rings. The van der Waals surface area contributed by atoms with Gasteiger partial charge in [-0.15, -0.1) is 5.10 Å². The molecule has 2 unspecified atom stereocenters. The van der Waals surface area contributed by atoms with Crippen molar-refractivity contribution in [3.63, 3.8) is 0 Å². The number of amides is 2. The molecular weight excluding hydrogens is 294 g/mol. The summed E-state index contributed by atoms with van der Waals surface area (Å²) in [5, 5.41) is 23.0. The molecular formula is C16H21N5O2. The van der Waals surface area contributed by atoms with Gasteiger partial charge in [0, 0.05) is 17.1 Å². The van der Waals surface area contributed by atoms with Crippen LogP contribution in [0.2, 0.25) is 0 Å². The minimum atomic E-state index is -0.245. The van der Waals surface area contributed by atoms with Crippen molar-refractivity contribution in [3.8, 4) is 5.69 Å². The lowest BCUT2D eigenvalue weighted by molar-refractivity contribution is 0.122. The summed E-state index contributed by atoms with van der Waals surface area (Å²) in [5.74, 6) is 0. The third-order valence-electron chi connectivity index (χ3n) is 4.56. The zero-order valence-electron chi connectivity index (χ0n) is 13.1. The average Bonchev–Trinajstić information content (AvgIpc) is 3.19. The number of aliphatic hydroxyl groups excluding tert-OH is 1. The lowest BCUT2D eigenvalue weighted by Crippen LogP contribution is -2.46. The normalized spacial score (nSPS) is 23.7. The van der Waals surface area contributed by atoms with Gasteiger partial charge in [-0.25, -0.2) is 9.48 Å². The van der Waals surface area contributed by atoms with Crippen LogP contribution in [-0.4, -0.2) is 38.8 Å². The number of aliphatic hydroxyl groups is 1. The lowest BCUT2D eigenvalue weighted by atomic mass is 9.86. The Morgan fingerprint density at radius 3 is 2.87 bits per heavy atom. The molecule has 1 aromatic carbocycles. The fourth-order valence-electron chi connectivity index (χ4n) is 3.04. The number of anilines is 1. The number of carbonyl (C=O) groups excluding carboxylic acids is 1. The van der Waals surface area contributed by atoms with Gasteiger partial charge < -0.3 is 15.7 Å². The number of nitrogens with zero attached hydrogens (tertiary/aromatic N) is 3. The molecule has 0 aliphatic heterocycles. The molecule has 3 N–H and O–H groups in total. The van der Waals surface area contributed by atoms with Crippen LogP contribution in [0.1, 0.15) is 26.2 Å². The number of carbonyl (C=O) groups is 1. The molecule has 0 radical (unpaired) electrons. The van der Waals surface area contributed by atoms with E-state index in [-0.39, 0.29) is 24.1 Å². The van der Waals surface area contributed by atoms with E-state index in [1.165, 1.54) is 0 Å². The van der Waals surface area contributed by atoms with Crippen molar-refractivity contribution in [1.82, 2.24) is 20.3 Å². The molecule has 7 nitrogen and oxygen atoms in total. The fraction of sp³-hybridized carbons (Fsp3) is 0.438. The van der Waals surface area contributed by atoms with E-state index in [9.17, 15) is 9.90 Å². The molecule has 1 aromatic heterocycles. The summed E-state index contributed by atoms with van der Waals surface area (Å²) >= 11 is 0. The smallest absolute Gasteiger partial charge is 0.319 e. The largest absolute Gasteiger partial charge is 0.396 e. The van der Waals surface area contributed by atoms with Gasteiger partial charge in [0.15, 0.2) is 0 Å². The van der Waals surface area contributed by atoms with Crippen molar-refractivity contribution < 1.29 is 9.90 Å². The zero-order valence-corrected chi connectivity index (χ0v) is 13.1. The minimum absolute atomic E-state index is 0.00178. The van der Waals surface area contributed by atoms with Crippen molar-refractivity contribution in [2.75, 3.05) is 11.9 Å². The molecule has 2 amide bonds. The fourth-order valence-corrected chi connectivity index (χ4v) is 3.04. The van der Waals surface area contributed by atoms with E-state index in [4.69, 9.17) is 0 Å². The monoisotopic (exact) mass is 315 g/mol. The average molecular weight is 315 g/mol. The van der Waals surface area contributed by atoms with Crippen LogP contribution >= 0.6 is 0 Å². The molecule has 23 heavy (non-hydrogen) atoms. The van der Waals surface area contributed by atoms with Gasteiger partial charge in [-0.1, -0.05) is 18.6 Å². The molecule has 1 saturated carbocycles. The highest BCUT2D eigenvalue weighted by atomic mass is 16.3. The Hall–Kier alpha value is -2.41. The van der Waals surface area contributed by atoms with Crippen LogP contribution in [0.5, 0.6) is 0 Å². The Kier molecular flexibility index (Phi) is 4.29. The molecule has 122 valence electrons. The van der Waals surface area contributed by atoms with Crippen LogP contribution in [0.25, 0.3) is 5.69 Å². The highest BCUT2D eigenvalue weighted by Gasteiger charge is 2.39. The second-order valence-electron chi connectivity index (χ2n) is 6.25. The number of aromatic nitrogens is 3. The van der Waals surface area contributed by atoms with Crippen molar-refractivity contribution in [2.45, 2.75) is 32.2 Å². The Morgan fingerprint density at radius 2 is 2.22 bits per heavy atom. The first kappa shape index (κ1) is 15.5. The van der Waals surface area contributed by atoms with Gasteiger partial charge in [-0.3, -0.25) is 0 Å². The van der Waals surface area contributed by atoms with Crippen molar-refractivity contribution in [1.29, 1.82) is 0 Å². The van der Waals surface area contributed by atoms with Crippen molar-refractivity contribution in [2.24, 2.45) is 5.41 Å². The summed E-state index contributed by atoms with van der Waals surface area (Å²) in [5.41, 5.74) is 1.35. The first-order valence-corrected chi connectivity index (χ1v) is 7.76. The van der Waals surface area contributed by atoms with Gasteiger partial charge >= 0.3 is 6.03 Å². The topological polar surface area (TPSA) is 92.1 Å². The second-order valence-corrected chi connectivity index (χ2v) is 6.25. The number of hydrogen-bond acceptors (Lipinski definition) is 4. The maximum Gasteiger partial charge on any atom is 0.319 e. The van der Waals surface area contributed by atoms with E-state index < -0.39 is 0 Å². The minimum Gasteiger partial charge on any atom is -0.396 e. The first-order valence-electron chi connectivity index (χ1n) is 7.76. The summed E-state index contributed by atoms with van der Waals surface area (Å²) in [6, 6.07) is 7.11. The van der Waals surface area contributed by atoms with Crippen molar-refractivity contribution >= 4 is 11.7 Å². The summed E-state index contributed by atoms with van der Waals surface area (Å²) in [6.45, 7) is 2.10. The van der Waals surface area contributed by atoms with Gasteiger partial charge in [0.05, 0.1) is 24.7 Å². The van der Waals surface area contributed by atoms with Crippen LogP contribution in [0.3, 0.4) is 0 Å². The van der Waals surface area contributed by atoms with E-state index in [1.54, 1.807) is 17.1 Å². The first-order chi connectivity index (χ1) is 11.1. The quantitative estimate of drug-likeness (QED) is 0.804. The van der Waals surface area contributed by atoms with Crippen LogP contribution < -0.4 is 10.6 Å². The molecule has 2 atom stereocenters. The molecule has 3 rings (SSSR count). The molecule has 2 aromatic rings. The predicted molar refractivity (Wildman–Crippen MR) is 86.3 cm³/mol. The van der Waals surface area contributed by atoms with E-state index in [1.807, 2.05) is 31.2 Å². The van der Waals surface area contributed by atoms with Crippen LogP contribution in [0.15, 0.2) is 36.7 Å². The van der Waals surface area contributed by atoms with Gasteiger partial charge in [-0.2, -0.15) is 0 Å². The summed E-state index contributed by atoms with van der Waals surface area (Å²) in [6.07, 6.45) is 6.22. The summed E-state index contributed by atoms with van der Waals surface area (Å²) < 4.78 is 1.65. The van der Waals surface area contributed by atoms with Gasteiger partial charge in [0.25, 0.3) is 0 Å². The lowest BCUT2D eigenvalue weighted by Gasteiger charge is -2.30. The molecule has 1 aliphatic carbocycles. The van der Waals surface area contributed by atoms with E-state index in [0.29, 0.717) is 5.69 Å². The standard InChI is InChI=1S/C16H21N5O2/c1-16(11-22)8-2-3-14(16)19-15(23)18-12-4-6-13(7-5-12)21-10-9-17-20-21/h4-7,9-10,14,22H,2-3,8,11H2,1H3,(H2,18,19,23). The maximum absolute atomic E-state index is 12.2. The third-order valence-corrected chi connectivity index (χ3v) is 4.56. The molecule has 1 heterocycles. The Morgan fingerprint density at radius 1 is 1.43 bits per heavy atom. The number of benzene rings is 1. The number of urea groups is 1.